The van der Waals surface area contributed by atoms with E-state index in [1.54, 1.807) is 13.2 Å². The molecule has 0 amide bonds. The smallest absolute Gasteiger partial charge is 0.192 e. The van der Waals surface area contributed by atoms with Crippen molar-refractivity contribution in [2.75, 3.05) is 13.7 Å². The molecule has 0 saturated heterocycles. The fourth-order valence-electron chi connectivity index (χ4n) is 2.44. The Hall–Kier alpha value is 0.0138. The predicted molar refractivity (Wildman–Crippen MR) is 126 cm³/mol. The number of hydrogen-bond donors (Lipinski definition) is 1. The van der Waals surface area contributed by atoms with E-state index in [9.17, 15) is 5.11 Å². The Morgan fingerprint density at radius 1 is 0.929 bits per heavy atom. The third kappa shape index (κ3) is 8.03. The number of methoxy groups -OCH3 is 1. The van der Waals surface area contributed by atoms with E-state index in [2.05, 4.69) is 81.2 Å². The molecule has 0 rings (SSSR count). The topological polar surface area (TPSA) is 47.9 Å². The molecule has 0 spiro atoms. The summed E-state index contributed by atoms with van der Waals surface area (Å²) in [4.78, 5) is 0. The minimum atomic E-state index is -1.99. The average Bonchev–Trinajstić information content (AvgIpc) is 2.51. The molecule has 0 unspecified atom stereocenters. The Balaban J connectivity index is 5.47. The zero-order chi connectivity index (χ0) is 22.6. The van der Waals surface area contributed by atoms with Gasteiger partial charge in [-0.05, 0) is 36.3 Å². The molecule has 0 saturated carbocycles. The standard InChI is InChI=1S/C22H48O4Si2/c1-14-18(23)15-19(26-28(12,13)22(6,7)8)17(2)20(24-9)16-25-27(10,11)21(3,4)5/h14,17-20,23H,1,15-16H2,2-13H3/t17-,18-,19-,20-/m0/s1. The molecular weight excluding hydrogens is 384 g/mol. The minimum absolute atomic E-state index is 0.0825. The molecular formula is C22H48O4Si2. The number of ether oxygens (including phenoxy) is 1. The lowest BCUT2D eigenvalue weighted by molar-refractivity contribution is -0.0363. The van der Waals surface area contributed by atoms with E-state index in [0.717, 1.165) is 0 Å². The van der Waals surface area contributed by atoms with E-state index in [0.29, 0.717) is 13.0 Å². The predicted octanol–water partition coefficient (Wildman–Crippen LogP) is 5.99. The molecule has 0 aliphatic heterocycles. The summed E-state index contributed by atoms with van der Waals surface area (Å²) in [5.41, 5.74) is 0. The van der Waals surface area contributed by atoms with Gasteiger partial charge in [0, 0.05) is 19.4 Å². The molecule has 0 aliphatic carbocycles. The highest BCUT2D eigenvalue weighted by Gasteiger charge is 2.42. The van der Waals surface area contributed by atoms with Gasteiger partial charge in [0.25, 0.3) is 0 Å². The van der Waals surface area contributed by atoms with E-state index in [1.165, 1.54) is 0 Å². The lowest BCUT2D eigenvalue weighted by Crippen LogP contribution is -2.50. The quantitative estimate of drug-likeness (QED) is 0.322. The largest absolute Gasteiger partial charge is 0.414 e. The first-order valence-corrected chi connectivity index (χ1v) is 16.4. The van der Waals surface area contributed by atoms with Crippen molar-refractivity contribution in [2.24, 2.45) is 5.92 Å². The molecule has 0 aromatic heterocycles. The van der Waals surface area contributed by atoms with Crippen molar-refractivity contribution in [3.63, 3.8) is 0 Å². The van der Waals surface area contributed by atoms with Crippen LogP contribution in [0.15, 0.2) is 12.7 Å². The maximum Gasteiger partial charge on any atom is 0.192 e. The molecule has 4 nitrogen and oxygen atoms in total. The van der Waals surface area contributed by atoms with Gasteiger partial charge in [0.15, 0.2) is 16.6 Å². The zero-order valence-electron chi connectivity index (χ0n) is 20.7. The molecule has 0 aliphatic rings. The summed E-state index contributed by atoms with van der Waals surface area (Å²) in [6.45, 7) is 28.9. The van der Waals surface area contributed by atoms with Gasteiger partial charge in [0.1, 0.15) is 0 Å². The van der Waals surface area contributed by atoms with Crippen LogP contribution in [0.2, 0.25) is 36.3 Å². The molecule has 0 heterocycles. The van der Waals surface area contributed by atoms with Gasteiger partial charge in [0.2, 0.25) is 0 Å². The number of aliphatic hydroxyl groups is 1. The van der Waals surface area contributed by atoms with Crippen LogP contribution in [0.25, 0.3) is 0 Å². The molecule has 0 fully saturated rings. The van der Waals surface area contributed by atoms with Crippen molar-refractivity contribution in [3.05, 3.63) is 12.7 Å². The first-order valence-electron chi connectivity index (χ1n) is 10.5. The van der Waals surface area contributed by atoms with Gasteiger partial charge in [-0.3, -0.25) is 0 Å². The number of hydrogen-bond acceptors (Lipinski definition) is 4. The van der Waals surface area contributed by atoms with E-state index in [4.69, 9.17) is 13.6 Å². The van der Waals surface area contributed by atoms with Crippen molar-refractivity contribution < 1.29 is 18.7 Å². The maximum atomic E-state index is 10.2. The second-order valence-electron chi connectivity index (χ2n) is 11.2. The number of aliphatic hydroxyl groups excluding tert-OH is 1. The van der Waals surface area contributed by atoms with E-state index >= 15 is 0 Å². The molecule has 28 heavy (non-hydrogen) atoms. The fraction of sp³-hybridized carbons (Fsp3) is 0.909. The molecule has 0 aromatic rings. The SMILES string of the molecule is C=C[C@H](O)C[C@H](O[Si](C)(C)C(C)(C)C)[C@H](C)[C@H](CO[Si](C)(C)C(C)(C)C)OC. The van der Waals surface area contributed by atoms with Crippen LogP contribution >= 0.6 is 0 Å². The van der Waals surface area contributed by atoms with Crippen LogP contribution < -0.4 is 0 Å². The monoisotopic (exact) mass is 432 g/mol. The highest BCUT2D eigenvalue weighted by atomic mass is 28.4. The van der Waals surface area contributed by atoms with Gasteiger partial charge in [-0.1, -0.05) is 54.5 Å². The summed E-state index contributed by atoms with van der Waals surface area (Å²) < 4.78 is 19.0. The third-order valence-electron chi connectivity index (χ3n) is 6.89. The summed E-state index contributed by atoms with van der Waals surface area (Å²) in [6.07, 6.45) is 1.33. The Morgan fingerprint density at radius 3 is 1.75 bits per heavy atom. The van der Waals surface area contributed by atoms with E-state index < -0.39 is 22.7 Å². The molecule has 168 valence electrons. The van der Waals surface area contributed by atoms with Crippen LogP contribution in [-0.2, 0) is 13.6 Å². The van der Waals surface area contributed by atoms with Crippen molar-refractivity contribution >= 4 is 16.6 Å². The molecule has 1 N–H and O–H groups in total. The summed E-state index contributed by atoms with van der Waals surface area (Å²) in [5.74, 6) is 0.0958. The molecule has 4 atom stereocenters. The first-order chi connectivity index (χ1) is 12.4. The van der Waals surface area contributed by atoms with Crippen molar-refractivity contribution in [1.82, 2.24) is 0 Å². The van der Waals surface area contributed by atoms with Crippen LogP contribution in [0.5, 0.6) is 0 Å². The first kappa shape index (κ1) is 28.0. The summed E-state index contributed by atoms with van der Waals surface area (Å²) in [7, 11) is -2.11. The van der Waals surface area contributed by atoms with Gasteiger partial charge in [-0.15, -0.1) is 6.58 Å². The minimum Gasteiger partial charge on any atom is -0.414 e. The Bertz CT molecular complexity index is 478. The lowest BCUT2D eigenvalue weighted by Gasteiger charge is -2.43. The van der Waals surface area contributed by atoms with Crippen LogP contribution in [0.3, 0.4) is 0 Å². The third-order valence-corrected chi connectivity index (χ3v) is 15.9. The second-order valence-corrected chi connectivity index (χ2v) is 20.7. The highest BCUT2D eigenvalue weighted by molar-refractivity contribution is 6.74. The zero-order valence-corrected chi connectivity index (χ0v) is 22.7. The van der Waals surface area contributed by atoms with Crippen molar-refractivity contribution in [3.8, 4) is 0 Å². The molecule has 0 bridgehead atoms. The van der Waals surface area contributed by atoms with E-state index in [-0.39, 0.29) is 28.2 Å². The van der Waals surface area contributed by atoms with Gasteiger partial charge in [0.05, 0.1) is 24.9 Å². The van der Waals surface area contributed by atoms with Crippen LogP contribution in [0.1, 0.15) is 54.9 Å². The fourth-order valence-corrected chi connectivity index (χ4v) is 4.88. The van der Waals surface area contributed by atoms with Gasteiger partial charge in [-0.25, -0.2) is 0 Å². The Kier molecular flexibility index (Phi) is 10.4. The normalized spacial score (nSPS) is 18.5. The van der Waals surface area contributed by atoms with Crippen molar-refractivity contribution in [2.45, 2.75) is 109 Å². The van der Waals surface area contributed by atoms with Crippen molar-refractivity contribution in [1.29, 1.82) is 0 Å². The Morgan fingerprint density at radius 2 is 1.39 bits per heavy atom. The number of rotatable bonds is 11. The summed E-state index contributed by atoms with van der Waals surface area (Å²) in [5, 5.41) is 10.5. The molecule has 6 heteroatoms. The summed E-state index contributed by atoms with van der Waals surface area (Å²) in [6, 6.07) is 0. The van der Waals surface area contributed by atoms with Crippen LogP contribution in [-0.4, -0.2) is 53.8 Å². The molecule has 0 radical (unpaired) electrons. The lowest BCUT2D eigenvalue weighted by atomic mass is 9.94. The second kappa shape index (κ2) is 10.4. The highest BCUT2D eigenvalue weighted by Crippen LogP contribution is 2.40. The molecule has 0 aromatic carbocycles. The van der Waals surface area contributed by atoms with Gasteiger partial charge >= 0.3 is 0 Å². The van der Waals surface area contributed by atoms with Gasteiger partial charge in [-0.2, -0.15) is 0 Å². The average molecular weight is 433 g/mol. The van der Waals surface area contributed by atoms with E-state index in [1.807, 2.05) is 0 Å². The maximum absolute atomic E-state index is 10.2. The van der Waals surface area contributed by atoms with Gasteiger partial charge < -0.3 is 18.7 Å². The van der Waals surface area contributed by atoms with Crippen LogP contribution in [0, 0.1) is 5.92 Å². The summed E-state index contributed by atoms with van der Waals surface area (Å²) >= 11 is 0. The van der Waals surface area contributed by atoms with Crippen LogP contribution in [0.4, 0.5) is 0 Å². The Labute approximate surface area is 177 Å².